The number of nitrogens with zero attached hydrogens (tertiary/aromatic N) is 2. The van der Waals surface area contributed by atoms with E-state index < -0.39 is 16.7 Å². The minimum absolute atomic E-state index is 0.0639. The molecule has 0 radical (unpaired) electrons. The molecule has 0 saturated carbocycles. The predicted octanol–water partition coefficient (Wildman–Crippen LogP) is 2.95. The van der Waals surface area contributed by atoms with E-state index in [1.54, 1.807) is 6.20 Å². The summed E-state index contributed by atoms with van der Waals surface area (Å²) in [6.07, 6.45) is 1.94. The van der Waals surface area contributed by atoms with Crippen molar-refractivity contribution in [2.75, 3.05) is 0 Å². The summed E-state index contributed by atoms with van der Waals surface area (Å²) in [4.78, 5) is 38.1. The lowest BCUT2D eigenvalue weighted by Gasteiger charge is -2.06. The maximum absolute atomic E-state index is 12.0. The standard InChI is InChI=1S/C20H18N4O5/c1-13-2-4-14(5-3-13)17-12-21-19(29-17)11-10-18(25)22-23-20(26)15-6-8-16(9-7-15)24(27)28/h2-9,12H,10-11H2,1H3,(H,22,25)(H,23,26). The first-order valence-electron chi connectivity index (χ1n) is 8.78. The van der Waals surface area contributed by atoms with Crippen LogP contribution in [0.25, 0.3) is 11.3 Å². The second-order valence-corrected chi connectivity index (χ2v) is 6.29. The Kier molecular flexibility index (Phi) is 5.98. The summed E-state index contributed by atoms with van der Waals surface area (Å²) in [7, 11) is 0. The van der Waals surface area contributed by atoms with E-state index in [9.17, 15) is 19.7 Å². The van der Waals surface area contributed by atoms with Crippen LogP contribution in [-0.2, 0) is 11.2 Å². The van der Waals surface area contributed by atoms with Gasteiger partial charge in [-0.25, -0.2) is 4.98 Å². The van der Waals surface area contributed by atoms with Crippen LogP contribution in [0.2, 0.25) is 0 Å². The number of rotatable bonds is 6. The van der Waals surface area contributed by atoms with Crippen LogP contribution in [0, 0.1) is 17.0 Å². The molecule has 148 valence electrons. The van der Waals surface area contributed by atoms with Crippen molar-refractivity contribution in [1.29, 1.82) is 0 Å². The first-order chi connectivity index (χ1) is 13.9. The highest BCUT2D eigenvalue weighted by molar-refractivity contribution is 5.95. The summed E-state index contributed by atoms with van der Waals surface area (Å²) >= 11 is 0. The number of amides is 2. The summed E-state index contributed by atoms with van der Waals surface area (Å²) in [6.45, 7) is 1.99. The molecular formula is C20H18N4O5. The Bertz CT molecular complexity index is 1030. The number of oxazole rings is 1. The fourth-order valence-electron chi connectivity index (χ4n) is 2.49. The van der Waals surface area contributed by atoms with Gasteiger partial charge in [0.2, 0.25) is 5.91 Å². The monoisotopic (exact) mass is 394 g/mol. The van der Waals surface area contributed by atoms with Crippen LogP contribution in [-0.4, -0.2) is 21.7 Å². The number of nitrogens with one attached hydrogen (secondary N) is 2. The zero-order valence-electron chi connectivity index (χ0n) is 15.5. The number of hydrogen-bond donors (Lipinski definition) is 2. The van der Waals surface area contributed by atoms with Crippen LogP contribution in [0.15, 0.2) is 59.1 Å². The largest absolute Gasteiger partial charge is 0.441 e. The van der Waals surface area contributed by atoms with Gasteiger partial charge in [0.25, 0.3) is 11.6 Å². The molecule has 0 spiro atoms. The van der Waals surface area contributed by atoms with Crippen LogP contribution >= 0.6 is 0 Å². The van der Waals surface area contributed by atoms with Gasteiger partial charge in [0.15, 0.2) is 11.7 Å². The number of nitro benzene ring substituents is 1. The molecule has 2 aromatic carbocycles. The smallest absolute Gasteiger partial charge is 0.269 e. The summed E-state index contributed by atoms with van der Waals surface area (Å²) in [5, 5.41) is 10.6. The van der Waals surface area contributed by atoms with Gasteiger partial charge in [0.05, 0.1) is 11.1 Å². The maximum atomic E-state index is 12.0. The Balaban J connectivity index is 1.47. The highest BCUT2D eigenvalue weighted by Gasteiger charge is 2.12. The predicted molar refractivity (Wildman–Crippen MR) is 104 cm³/mol. The van der Waals surface area contributed by atoms with E-state index in [0.717, 1.165) is 11.1 Å². The third kappa shape index (κ3) is 5.25. The molecule has 0 atom stereocenters. The maximum Gasteiger partial charge on any atom is 0.269 e. The number of aryl methyl sites for hydroxylation is 2. The van der Waals surface area contributed by atoms with E-state index in [-0.39, 0.29) is 24.1 Å². The number of aromatic nitrogens is 1. The fraction of sp³-hybridized carbons (Fsp3) is 0.150. The minimum atomic E-state index is -0.578. The minimum Gasteiger partial charge on any atom is -0.441 e. The van der Waals surface area contributed by atoms with E-state index >= 15 is 0 Å². The molecule has 0 fully saturated rings. The van der Waals surface area contributed by atoms with E-state index in [1.807, 2.05) is 31.2 Å². The Morgan fingerprint density at radius 3 is 2.41 bits per heavy atom. The number of carbonyl (C=O) groups is 2. The zero-order chi connectivity index (χ0) is 20.8. The quantitative estimate of drug-likeness (QED) is 0.489. The number of benzene rings is 2. The van der Waals surface area contributed by atoms with Crippen molar-refractivity contribution in [2.45, 2.75) is 19.8 Å². The zero-order valence-corrected chi connectivity index (χ0v) is 15.5. The molecule has 0 aliphatic heterocycles. The van der Waals surface area contributed by atoms with Crippen molar-refractivity contribution >= 4 is 17.5 Å². The highest BCUT2D eigenvalue weighted by Crippen LogP contribution is 2.21. The van der Waals surface area contributed by atoms with Gasteiger partial charge < -0.3 is 4.42 Å². The lowest BCUT2D eigenvalue weighted by molar-refractivity contribution is -0.384. The molecule has 2 amide bonds. The molecule has 9 heteroatoms. The number of non-ortho nitro benzene ring substituents is 1. The van der Waals surface area contributed by atoms with Gasteiger partial charge in [0.1, 0.15) is 0 Å². The number of hydrazine groups is 1. The van der Waals surface area contributed by atoms with Gasteiger partial charge in [-0.3, -0.25) is 30.6 Å². The Morgan fingerprint density at radius 2 is 1.76 bits per heavy atom. The van der Waals surface area contributed by atoms with Crippen LogP contribution in [0.1, 0.15) is 28.2 Å². The molecule has 9 nitrogen and oxygen atoms in total. The molecule has 0 unspecified atom stereocenters. The molecule has 0 aliphatic rings. The Labute approximate surface area is 165 Å². The van der Waals surface area contributed by atoms with Gasteiger partial charge in [-0.15, -0.1) is 0 Å². The van der Waals surface area contributed by atoms with Crippen molar-refractivity contribution in [3.05, 3.63) is 81.9 Å². The summed E-state index contributed by atoms with van der Waals surface area (Å²) in [6, 6.07) is 12.8. The van der Waals surface area contributed by atoms with Crippen LogP contribution in [0.3, 0.4) is 0 Å². The van der Waals surface area contributed by atoms with Gasteiger partial charge in [-0.2, -0.15) is 0 Å². The van der Waals surface area contributed by atoms with Crippen molar-refractivity contribution < 1.29 is 18.9 Å². The number of hydrogen-bond acceptors (Lipinski definition) is 6. The van der Waals surface area contributed by atoms with E-state index in [2.05, 4.69) is 15.8 Å². The van der Waals surface area contributed by atoms with Gasteiger partial charge in [-0.05, 0) is 19.1 Å². The third-order valence-corrected chi connectivity index (χ3v) is 4.11. The average molecular weight is 394 g/mol. The second-order valence-electron chi connectivity index (χ2n) is 6.29. The normalized spacial score (nSPS) is 10.4. The van der Waals surface area contributed by atoms with Crippen LogP contribution in [0.4, 0.5) is 5.69 Å². The SMILES string of the molecule is Cc1ccc(-c2cnc(CCC(=O)NNC(=O)c3ccc([N+](=O)[O-])cc3)o2)cc1. The summed E-state index contributed by atoms with van der Waals surface area (Å²) in [5.74, 6) is 0.0330. The van der Waals surface area contributed by atoms with Gasteiger partial charge in [-0.1, -0.05) is 29.8 Å². The molecule has 0 aliphatic carbocycles. The van der Waals surface area contributed by atoms with Crippen LogP contribution < -0.4 is 10.9 Å². The van der Waals surface area contributed by atoms with E-state index in [4.69, 9.17) is 4.42 Å². The van der Waals surface area contributed by atoms with Gasteiger partial charge >= 0.3 is 0 Å². The number of nitro groups is 1. The first-order valence-corrected chi connectivity index (χ1v) is 8.78. The summed E-state index contributed by atoms with van der Waals surface area (Å²) in [5.41, 5.74) is 6.65. The molecule has 1 aromatic heterocycles. The lowest BCUT2D eigenvalue weighted by Crippen LogP contribution is -2.41. The van der Waals surface area contributed by atoms with Crippen molar-refractivity contribution in [3.63, 3.8) is 0 Å². The molecule has 0 bridgehead atoms. The van der Waals surface area contributed by atoms with Crippen molar-refractivity contribution in [3.8, 4) is 11.3 Å². The molecule has 0 saturated heterocycles. The number of carbonyl (C=O) groups excluding carboxylic acids is 2. The molecule has 3 rings (SSSR count). The fourth-order valence-corrected chi connectivity index (χ4v) is 2.49. The topological polar surface area (TPSA) is 127 Å². The third-order valence-electron chi connectivity index (χ3n) is 4.11. The summed E-state index contributed by atoms with van der Waals surface area (Å²) < 4.78 is 5.65. The molecular weight excluding hydrogens is 376 g/mol. The average Bonchev–Trinajstić information content (AvgIpc) is 3.20. The molecule has 2 N–H and O–H groups in total. The first kappa shape index (κ1) is 19.7. The van der Waals surface area contributed by atoms with Crippen molar-refractivity contribution in [1.82, 2.24) is 15.8 Å². The van der Waals surface area contributed by atoms with E-state index in [1.165, 1.54) is 24.3 Å². The van der Waals surface area contributed by atoms with Crippen molar-refractivity contribution in [2.24, 2.45) is 0 Å². The van der Waals surface area contributed by atoms with E-state index in [0.29, 0.717) is 11.7 Å². The lowest BCUT2D eigenvalue weighted by atomic mass is 10.1. The van der Waals surface area contributed by atoms with Gasteiger partial charge in [0, 0.05) is 36.1 Å². The molecule has 29 heavy (non-hydrogen) atoms. The Hall–Kier alpha value is -4.01. The second kappa shape index (κ2) is 8.79. The molecule has 3 aromatic rings. The molecule has 1 heterocycles. The Morgan fingerprint density at radius 1 is 1.07 bits per heavy atom. The van der Waals surface area contributed by atoms with Crippen LogP contribution in [0.5, 0.6) is 0 Å². The highest BCUT2D eigenvalue weighted by atomic mass is 16.6.